The first-order valence-electron chi connectivity index (χ1n) is 9.48. The molecule has 2 N–H and O–H groups in total. The Morgan fingerprint density at radius 1 is 1.08 bits per heavy atom. The second-order valence-electron chi connectivity index (χ2n) is 7.42. The monoisotopic (exact) mass is 350 g/mol. The Morgan fingerprint density at radius 2 is 1.88 bits per heavy atom. The first-order chi connectivity index (χ1) is 12.8. The number of piperidine rings is 1. The number of H-pyrrole nitrogens is 1. The molecule has 1 aromatic carbocycles. The molecule has 0 radical (unpaired) electrons. The maximum absolute atomic E-state index is 10.1. The number of fused-ring (bicyclic) bond motifs is 1. The third kappa shape index (κ3) is 3.44. The van der Waals surface area contributed by atoms with Gasteiger partial charge in [-0.1, -0.05) is 30.3 Å². The molecule has 0 unspecified atom stereocenters. The molecular formula is C21H26N4O. The molecule has 0 saturated carbocycles. The number of hydrogen-bond acceptors (Lipinski definition) is 4. The summed E-state index contributed by atoms with van der Waals surface area (Å²) in [5.41, 5.74) is 2.32. The summed E-state index contributed by atoms with van der Waals surface area (Å²) >= 11 is 0. The fourth-order valence-electron chi connectivity index (χ4n) is 4.10. The first kappa shape index (κ1) is 17.0. The molecule has 3 heterocycles. The highest BCUT2D eigenvalue weighted by Crippen LogP contribution is 2.38. The van der Waals surface area contributed by atoms with Crippen LogP contribution in [0, 0.1) is 5.41 Å². The number of nitrogens with zero attached hydrogens (tertiary/aromatic N) is 3. The van der Waals surface area contributed by atoms with Crippen molar-refractivity contribution < 1.29 is 5.11 Å². The van der Waals surface area contributed by atoms with E-state index in [1.807, 2.05) is 12.3 Å². The summed E-state index contributed by atoms with van der Waals surface area (Å²) < 4.78 is 0. The summed E-state index contributed by atoms with van der Waals surface area (Å²) in [6.07, 6.45) is 8.84. The van der Waals surface area contributed by atoms with Gasteiger partial charge in [0.15, 0.2) is 0 Å². The third-order valence-electron chi connectivity index (χ3n) is 5.81. The molecule has 26 heavy (non-hydrogen) atoms. The van der Waals surface area contributed by atoms with Crippen LogP contribution in [-0.2, 0) is 6.42 Å². The lowest BCUT2D eigenvalue weighted by Crippen LogP contribution is -2.42. The van der Waals surface area contributed by atoms with Crippen LogP contribution in [0.3, 0.4) is 0 Å². The average molecular weight is 350 g/mol. The standard InChI is InChI=1S/C21H26N4O/c26-15-21(9-4-7-17-5-2-1-3-6-17)10-13-25(14-11-21)20-18-8-12-22-19(18)23-16-24-20/h1-3,5-6,8,12,16,26H,4,7,9-11,13-15H2,(H,22,23,24). The third-order valence-corrected chi connectivity index (χ3v) is 5.81. The number of hydrogen-bond donors (Lipinski definition) is 2. The molecule has 1 aliphatic rings. The smallest absolute Gasteiger partial charge is 0.142 e. The van der Waals surface area contributed by atoms with Crippen LogP contribution >= 0.6 is 0 Å². The zero-order valence-electron chi connectivity index (χ0n) is 15.1. The SMILES string of the molecule is OCC1(CCCc2ccccc2)CCN(c2ncnc3[nH]ccc23)CC1. The van der Waals surface area contributed by atoms with Gasteiger partial charge in [-0.05, 0) is 49.1 Å². The van der Waals surface area contributed by atoms with E-state index < -0.39 is 0 Å². The number of nitrogens with one attached hydrogen (secondary N) is 1. The summed E-state index contributed by atoms with van der Waals surface area (Å²) in [5, 5.41) is 11.2. The number of aliphatic hydroxyl groups excluding tert-OH is 1. The number of rotatable bonds is 6. The first-order valence-corrected chi connectivity index (χ1v) is 9.48. The quantitative estimate of drug-likeness (QED) is 0.713. The predicted octanol–water partition coefficient (Wildman–Crippen LogP) is 3.56. The highest BCUT2D eigenvalue weighted by Gasteiger charge is 2.34. The Bertz CT molecular complexity index is 837. The second kappa shape index (κ2) is 7.46. The van der Waals surface area contributed by atoms with Crippen LogP contribution in [0.5, 0.6) is 0 Å². The maximum atomic E-state index is 10.1. The summed E-state index contributed by atoms with van der Waals surface area (Å²) in [4.78, 5) is 14.3. The van der Waals surface area contributed by atoms with E-state index in [-0.39, 0.29) is 12.0 Å². The molecule has 136 valence electrons. The molecule has 1 saturated heterocycles. The van der Waals surface area contributed by atoms with Crippen molar-refractivity contribution in [1.82, 2.24) is 15.0 Å². The fraction of sp³-hybridized carbons (Fsp3) is 0.429. The van der Waals surface area contributed by atoms with E-state index in [1.54, 1.807) is 6.33 Å². The molecule has 0 spiro atoms. The Morgan fingerprint density at radius 3 is 2.65 bits per heavy atom. The average Bonchev–Trinajstić information content (AvgIpc) is 3.18. The van der Waals surface area contributed by atoms with Crippen molar-refractivity contribution in [1.29, 1.82) is 0 Å². The molecule has 0 bridgehead atoms. The number of aromatic amines is 1. The van der Waals surface area contributed by atoms with Crippen LogP contribution in [0.4, 0.5) is 5.82 Å². The van der Waals surface area contributed by atoms with Gasteiger partial charge in [0.25, 0.3) is 0 Å². The van der Waals surface area contributed by atoms with Gasteiger partial charge in [-0.3, -0.25) is 0 Å². The van der Waals surface area contributed by atoms with Crippen LogP contribution in [0.2, 0.25) is 0 Å². The molecule has 2 aromatic heterocycles. The number of aryl methyl sites for hydroxylation is 1. The molecule has 5 nitrogen and oxygen atoms in total. The van der Waals surface area contributed by atoms with Gasteiger partial charge in [-0.15, -0.1) is 0 Å². The molecule has 0 amide bonds. The summed E-state index contributed by atoms with van der Waals surface area (Å²) in [5.74, 6) is 1.01. The van der Waals surface area contributed by atoms with E-state index >= 15 is 0 Å². The number of anilines is 1. The normalized spacial score (nSPS) is 16.9. The zero-order valence-corrected chi connectivity index (χ0v) is 15.1. The molecule has 1 aliphatic heterocycles. The van der Waals surface area contributed by atoms with E-state index in [2.05, 4.69) is 50.2 Å². The lowest BCUT2D eigenvalue weighted by Gasteiger charge is -2.41. The van der Waals surface area contributed by atoms with Crippen LogP contribution in [0.25, 0.3) is 11.0 Å². The minimum absolute atomic E-state index is 0.0512. The van der Waals surface area contributed by atoms with E-state index in [4.69, 9.17) is 0 Å². The van der Waals surface area contributed by atoms with Gasteiger partial charge in [-0.2, -0.15) is 0 Å². The maximum Gasteiger partial charge on any atom is 0.142 e. The van der Waals surface area contributed by atoms with Crippen molar-refractivity contribution in [3.05, 3.63) is 54.5 Å². The molecule has 0 atom stereocenters. The van der Waals surface area contributed by atoms with E-state index in [0.717, 1.165) is 62.0 Å². The Kier molecular flexibility index (Phi) is 4.89. The predicted molar refractivity (Wildman–Crippen MR) is 104 cm³/mol. The molecule has 3 aromatic rings. The number of benzene rings is 1. The van der Waals surface area contributed by atoms with Gasteiger partial charge >= 0.3 is 0 Å². The van der Waals surface area contributed by atoms with Gasteiger partial charge in [0, 0.05) is 25.9 Å². The van der Waals surface area contributed by atoms with Gasteiger partial charge in [-0.25, -0.2) is 9.97 Å². The molecule has 5 heteroatoms. The van der Waals surface area contributed by atoms with E-state index in [1.165, 1.54) is 5.56 Å². The molecular weight excluding hydrogens is 324 g/mol. The van der Waals surface area contributed by atoms with Crippen molar-refractivity contribution in [2.75, 3.05) is 24.6 Å². The largest absolute Gasteiger partial charge is 0.396 e. The Hall–Kier alpha value is -2.40. The van der Waals surface area contributed by atoms with Crippen molar-refractivity contribution >= 4 is 16.9 Å². The van der Waals surface area contributed by atoms with Gasteiger partial charge in [0.2, 0.25) is 0 Å². The van der Waals surface area contributed by atoms with Crippen LogP contribution in [-0.4, -0.2) is 39.8 Å². The summed E-state index contributed by atoms with van der Waals surface area (Å²) in [7, 11) is 0. The summed E-state index contributed by atoms with van der Waals surface area (Å²) in [6, 6.07) is 12.7. The number of aromatic nitrogens is 3. The van der Waals surface area contributed by atoms with Gasteiger partial charge in [0.1, 0.15) is 17.8 Å². The molecule has 4 rings (SSSR count). The van der Waals surface area contributed by atoms with E-state index in [0.29, 0.717) is 0 Å². The van der Waals surface area contributed by atoms with Crippen molar-refractivity contribution in [3.8, 4) is 0 Å². The highest BCUT2D eigenvalue weighted by molar-refractivity contribution is 5.87. The second-order valence-corrected chi connectivity index (χ2v) is 7.42. The van der Waals surface area contributed by atoms with Gasteiger partial charge < -0.3 is 15.0 Å². The topological polar surface area (TPSA) is 65.0 Å². The number of aliphatic hydroxyl groups is 1. The zero-order chi connectivity index (χ0) is 17.8. The van der Waals surface area contributed by atoms with Gasteiger partial charge in [0.05, 0.1) is 5.39 Å². The fourth-order valence-corrected chi connectivity index (χ4v) is 4.10. The van der Waals surface area contributed by atoms with Crippen LogP contribution in [0.1, 0.15) is 31.2 Å². The lowest BCUT2D eigenvalue weighted by atomic mass is 9.75. The van der Waals surface area contributed by atoms with Crippen LogP contribution in [0.15, 0.2) is 48.9 Å². The minimum atomic E-state index is 0.0512. The summed E-state index contributed by atoms with van der Waals surface area (Å²) in [6.45, 7) is 2.14. The van der Waals surface area contributed by atoms with Crippen LogP contribution < -0.4 is 4.90 Å². The minimum Gasteiger partial charge on any atom is -0.396 e. The van der Waals surface area contributed by atoms with Crippen molar-refractivity contribution in [2.45, 2.75) is 32.1 Å². The molecule has 0 aliphatic carbocycles. The van der Waals surface area contributed by atoms with E-state index in [9.17, 15) is 5.11 Å². The Labute approximate surface area is 154 Å². The van der Waals surface area contributed by atoms with Crippen molar-refractivity contribution in [3.63, 3.8) is 0 Å². The van der Waals surface area contributed by atoms with Crippen molar-refractivity contribution in [2.24, 2.45) is 5.41 Å². The highest BCUT2D eigenvalue weighted by atomic mass is 16.3. The lowest BCUT2D eigenvalue weighted by molar-refractivity contribution is 0.0849. The Balaban J connectivity index is 1.38. The molecule has 1 fully saturated rings.